The maximum atomic E-state index is 12.6. The molecule has 7 nitrogen and oxygen atoms in total. The van der Waals surface area contributed by atoms with E-state index in [1.165, 1.54) is 11.3 Å². The molecule has 0 aliphatic carbocycles. The van der Waals surface area contributed by atoms with Crippen LogP contribution in [0.1, 0.15) is 43.6 Å². The van der Waals surface area contributed by atoms with E-state index >= 15 is 0 Å². The number of rotatable bonds is 5. The van der Waals surface area contributed by atoms with Gasteiger partial charge < -0.3 is 24.8 Å². The van der Waals surface area contributed by atoms with Gasteiger partial charge in [0.05, 0.1) is 32.1 Å². The Bertz CT molecular complexity index is 862. The fourth-order valence-electron chi connectivity index (χ4n) is 2.88. The second-order valence-electron chi connectivity index (χ2n) is 5.62. The Kier molecular flexibility index (Phi) is 5.03. The van der Waals surface area contributed by atoms with Crippen LogP contribution >= 0.6 is 11.3 Å². The van der Waals surface area contributed by atoms with Crippen LogP contribution in [0.15, 0.2) is 18.2 Å². The summed E-state index contributed by atoms with van der Waals surface area (Å²) in [4.78, 5) is 26.0. The monoisotopic (exact) mass is 376 g/mol. The SMILES string of the molecule is CCOC(=O)c1sc(C)c2c1NC(c1ccc(OC)c(OC)c1)NC2=O. The summed E-state index contributed by atoms with van der Waals surface area (Å²) in [5, 5.41) is 6.15. The van der Waals surface area contributed by atoms with Crippen LogP contribution in [0.4, 0.5) is 5.69 Å². The number of hydrogen-bond acceptors (Lipinski definition) is 7. The molecule has 1 aromatic heterocycles. The molecule has 1 aliphatic rings. The summed E-state index contributed by atoms with van der Waals surface area (Å²) in [7, 11) is 3.11. The van der Waals surface area contributed by atoms with E-state index in [1.807, 2.05) is 13.0 Å². The van der Waals surface area contributed by atoms with Gasteiger partial charge in [0.25, 0.3) is 5.91 Å². The Morgan fingerprint density at radius 2 is 1.92 bits per heavy atom. The predicted molar refractivity (Wildman–Crippen MR) is 98.4 cm³/mol. The smallest absolute Gasteiger partial charge is 0.350 e. The van der Waals surface area contributed by atoms with Gasteiger partial charge in [-0.25, -0.2) is 4.79 Å². The molecule has 0 fully saturated rings. The maximum Gasteiger partial charge on any atom is 0.350 e. The third kappa shape index (κ3) is 3.08. The first-order valence-electron chi connectivity index (χ1n) is 8.10. The molecule has 1 atom stereocenters. The van der Waals surface area contributed by atoms with Crippen molar-refractivity contribution in [1.29, 1.82) is 0 Å². The van der Waals surface area contributed by atoms with Gasteiger partial charge in [0.1, 0.15) is 11.0 Å². The standard InChI is InChI=1S/C18H20N2O5S/c1-5-25-18(22)15-14-13(9(2)26-15)17(21)20-16(19-14)10-6-7-11(23-3)12(8-10)24-4/h6-8,16,19H,5H2,1-4H3,(H,20,21). The van der Waals surface area contributed by atoms with Gasteiger partial charge in [-0.2, -0.15) is 0 Å². The largest absolute Gasteiger partial charge is 0.493 e. The molecule has 0 radical (unpaired) electrons. The van der Waals surface area contributed by atoms with Crippen LogP contribution in [0, 0.1) is 6.92 Å². The lowest BCUT2D eigenvalue weighted by atomic mass is 10.1. The number of nitrogens with one attached hydrogen (secondary N) is 2. The summed E-state index contributed by atoms with van der Waals surface area (Å²) in [6.45, 7) is 3.83. The van der Waals surface area contributed by atoms with E-state index in [0.29, 0.717) is 27.6 Å². The molecule has 1 unspecified atom stereocenters. The summed E-state index contributed by atoms with van der Waals surface area (Å²) in [6.07, 6.45) is -0.503. The molecular formula is C18H20N2O5S. The average Bonchev–Trinajstić information content (AvgIpc) is 2.98. The molecule has 0 bridgehead atoms. The summed E-state index contributed by atoms with van der Waals surface area (Å²) in [5.74, 6) is 0.481. The number of hydrogen-bond donors (Lipinski definition) is 2. The van der Waals surface area contributed by atoms with Crippen molar-refractivity contribution in [2.75, 3.05) is 26.1 Å². The van der Waals surface area contributed by atoms with Crippen LogP contribution in [0.3, 0.4) is 0 Å². The summed E-state index contributed by atoms with van der Waals surface area (Å²) in [5.41, 5.74) is 1.77. The third-order valence-corrected chi connectivity index (χ3v) is 5.16. The van der Waals surface area contributed by atoms with E-state index in [2.05, 4.69) is 10.6 Å². The van der Waals surface area contributed by atoms with Gasteiger partial charge in [0.15, 0.2) is 11.5 Å². The molecule has 1 aromatic carbocycles. The first-order valence-corrected chi connectivity index (χ1v) is 8.91. The number of benzene rings is 1. The number of carbonyl (C=O) groups excluding carboxylic acids is 2. The van der Waals surface area contributed by atoms with Crippen LogP contribution in [-0.2, 0) is 4.74 Å². The summed E-state index contributed by atoms with van der Waals surface area (Å²) in [6, 6.07) is 5.38. The highest BCUT2D eigenvalue weighted by atomic mass is 32.1. The molecule has 2 aromatic rings. The van der Waals surface area contributed by atoms with E-state index in [9.17, 15) is 9.59 Å². The number of carbonyl (C=O) groups is 2. The Morgan fingerprint density at radius 1 is 1.19 bits per heavy atom. The fraction of sp³-hybridized carbons (Fsp3) is 0.333. The highest BCUT2D eigenvalue weighted by Gasteiger charge is 2.33. The van der Waals surface area contributed by atoms with Crippen LogP contribution < -0.4 is 20.1 Å². The van der Waals surface area contributed by atoms with Crippen LogP contribution in [0.5, 0.6) is 11.5 Å². The lowest BCUT2D eigenvalue weighted by Crippen LogP contribution is -2.38. The molecule has 1 aliphatic heterocycles. The zero-order chi connectivity index (χ0) is 18.8. The minimum atomic E-state index is -0.503. The molecule has 0 saturated carbocycles. The van der Waals surface area contributed by atoms with Gasteiger partial charge in [-0.05, 0) is 31.5 Å². The number of amides is 1. The van der Waals surface area contributed by atoms with Gasteiger partial charge in [0, 0.05) is 4.88 Å². The number of ether oxygens (including phenoxy) is 3. The van der Waals surface area contributed by atoms with Gasteiger partial charge >= 0.3 is 5.97 Å². The van der Waals surface area contributed by atoms with Crippen molar-refractivity contribution >= 4 is 28.9 Å². The number of methoxy groups -OCH3 is 2. The van der Waals surface area contributed by atoms with E-state index in [0.717, 1.165) is 10.4 Å². The highest BCUT2D eigenvalue weighted by molar-refractivity contribution is 7.15. The fourth-order valence-corrected chi connectivity index (χ4v) is 3.89. The third-order valence-electron chi connectivity index (χ3n) is 4.08. The van der Waals surface area contributed by atoms with Crippen molar-refractivity contribution in [3.63, 3.8) is 0 Å². The molecule has 2 N–H and O–H groups in total. The number of anilines is 1. The Balaban J connectivity index is 1.99. The van der Waals surface area contributed by atoms with E-state index in [4.69, 9.17) is 14.2 Å². The zero-order valence-corrected chi connectivity index (χ0v) is 15.8. The first kappa shape index (κ1) is 18.1. The van der Waals surface area contributed by atoms with Gasteiger partial charge in [-0.15, -0.1) is 11.3 Å². The van der Waals surface area contributed by atoms with Gasteiger partial charge in [-0.1, -0.05) is 6.07 Å². The first-order chi connectivity index (χ1) is 12.5. The molecule has 8 heteroatoms. The molecular weight excluding hydrogens is 356 g/mol. The normalized spacial score (nSPS) is 15.5. The molecule has 1 amide bonds. The minimum Gasteiger partial charge on any atom is -0.493 e. The van der Waals surface area contributed by atoms with Crippen molar-refractivity contribution in [3.05, 3.63) is 39.1 Å². The van der Waals surface area contributed by atoms with Crippen molar-refractivity contribution < 1.29 is 23.8 Å². The van der Waals surface area contributed by atoms with E-state index in [1.54, 1.807) is 33.3 Å². The van der Waals surface area contributed by atoms with Crippen molar-refractivity contribution in [3.8, 4) is 11.5 Å². The van der Waals surface area contributed by atoms with Gasteiger partial charge in [0.2, 0.25) is 0 Å². The number of thiophene rings is 1. The molecule has 26 heavy (non-hydrogen) atoms. The van der Waals surface area contributed by atoms with E-state index < -0.39 is 12.1 Å². The Labute approximate surface area is 155 Å². The lowest BCUT2D eigenvalue weighted by Gasteiger charge is -2.27. The zero-order valence-electron chi connectivity index (χ0n) is 15.0. The predicted octanol–water partition coefficient (Wildman–Crippen LogP) is 3.10. The maximum absolute atomic E-state index is 12.6. The Hall–Kier alpha value is -2.74. The minimum absolute atomic E-state index is 0.233. The Morgan fingerprint density at radius 3 is 2.58 bits per heavy atom. The average molecular weight is 376 g/mol. The van der Waals surface area contributed by atoms with Gasteiger partial charge in [-0.3, -0.25) is 4.79 Å². The second kappa shape index (κ2) is 7.25. The summed E-state index contributed by atoms with van der Waals surface area (Å²) >= 11 is 1.25. The molecule has 0 saturated heterocycles. The van der Waals surface area contributed by atoms with Crippen molar-refractivity contribution in [2.45, 2.75) is 20.0 Å². The van der Waals surface area contributed by atoms with Crippen LogP contribution in [-0.4, -0.2) is 32.7 Å². The number of esters is 1. The quantitative estimate of drug-likeness (QED) is 0.780. The lowest BCUT2D eigenvalue weighted by molar-refractivity contribution is 0.0533. The molecule has 138 valence electrons. The van der Waals surface area contributed by atoms with Crippen LogP contribution in [0.2, 0.25) is 0 Å². The van der Waals surface area contributed by atoms with Crippen molar-refractivity contribution in [2.24, 2.45) is 0 Å². The summed E-state index contributed by atoms with van der Waals surface area (Å²) < 4.78 is 15.7. The number of fused-ring (bicyclic) bond motifs is 1. The van der Waals surface area contributed by atoms with Crippen LogP contribution in [0.25, 0.3) is 0 Å². The topological polar surface area (TPSA) is 85.9 Å². The number of aryl methyl sites for hydroxylation is 1. The highest BCUT2D eigenvalue weighted by Crippen LogP contribution is 2.39. The van der Waals surface area contributed by atoms with E-state index in [-0.39, 0.29) is 12.5 Å². The molecule has 2 heterocycles. The van der Waals surface area contributed by atoms with Crippen molar-refractivity contribution in [1.82, 2.24) is 5.32 Å². The molecule has 3 rings (SSSR count). The second-order valence-corrected chi connectivity index (χ2v) is 6.85. The molecule has 0 spiro atoms.